The molecule has 0 saturated heterocycles. The summed E-state index contributed by atoms with van der Waals surface area (Å²) < 4.78 is 0. The summed E-state index contributed by atoms with van der Waals surface area (Å²) in [5.41, 5.74) is 5.72. The number of aliphatic carboxylic acids is 1. The maximum atomic E-state index is 11.2. The van der Waals surface area contributed by atoms with Gasteiger partial charge in [0.1, 0.15) is 6.04 Å². The zero-order valence-electron chi connectivity index (χ0n) is 9.64. The van der Waals surface area contributed by atoms with Crippen LogP contribution in [-0.4, -0.2) is 28.0 Å². The number of carbonyl (C=O) groups excluding carboxylic acids is 1. The molecule has 0 fully saturated rings. The fourth-order valence-electron chi connectivity index (χ4n) is 1.31. The zero-order chi connectivity index (χ0) is 13.0. The van der Waals surface area contributed by atoms with Gasteiger partial charge in [-0.1, -0.05) is 13.8 Å². The van der Waals surface area contributed by atoms with Crippen LogP contribution in [0.3, 0.4) is 0 Å². The molecule has 1 rings (SSSR count). The molecule has 1 aromatic heterocycles. The first-order valence-electron chi connectivity index (χ1n) is 5.12. The van der Waals surface area contributed by atoms with E-state index in [-0.39, 0.29) is 12.3 Å². The molecule has 4 N–H and O–H groups in total. The van der Waals surface area contributed by atoms with Crippen molar-refractivity contribution in [3.05, 3.63) is 11.1 Å². The Balaban J connectivity index is 2.70. The first-order valence-corrected chi connectivity index (χ1v) is 6.00. The number of nitrogens with one attached hydrogen (secondary N) is 1. The van der Waals surface area contributed by atoms with Gasteiger partial charge in [0.15, 0.2) is 5.13 Å². The third-order valence-corrected chi connectivity index (χ3v) is 2.96. The number of hydrogen-bond acceptors (Lipinski definition) is 5. The molecule has 0 radical (unpaired) electrons. The summed E-state index contributed by atoms with van der Waals surface area (Å²) in [4.78, 5) is 25.7. The minimum absolute atomic E-state index is 0.0410. The van der Waals surface area contributed by atoms with Crippen LogP contribution in [0, 0.1) is 5.92 Å². The lowest BCUT2D eigenvalue weighted by Crippen LogP contribution is -2.39. The van der Waals surface area contributed by atoms with Crippen LogP contribution >= 0.6 is 11.3 Å². The van der Waals surface area contributed by atoms with Crippen LogP contribution in [0.25, 0.3) is 0 Å². The maximum Gasteiger partial charge on any atom is 0.309 e. The molecule has 1 aromatic rings. The molecule has 6 nitrogen and oxygen atoms in total. The predicted octanol–water partition coefficient (Wildman–Crippen LogP) is 0.692. The van der Waals surface area contributed by atoms with Gasteiger partial charge in [0.25, 0.3) is 0 Å². The minimum Gasteiger partial charge on any atom is -0.481 e. The third kappa shape index (κ3) is 4.03. The summed E-state index contributed by atoms with van der Waals surface area (Å²) in [6, 6.07) is -0.501. The van der Waals surface area contributed by atoms with Crippen molar-refractivity contribution >= 4 is 28.3 Å². The Kier molecular flexibility index (Phi) is 4.45. The second-order valence-electron chi connectivity index (χ2n) is 3.98. The molecule has 1 atom stereocenters. The van der Waals surface area contributed by atoms with Gasteiger partial charge in [0.2, 0.25) is 5.91 Å². The van der Waals surface area contributed by atoms with Crippen molar-refractivity contribution < 1.29 is 14.7 Å². The number of hydrogen-bond donors (Lipinski definition) is 3. The zero-order valence-corrected chi connectivity index (χ0v) is 10.5. The van der Waals surface area contributed by atoms with Gasteiger partial charge in [-0.2, -0.15) is 0 Å². The molecule has 94 valence electrons. The van der Waals surface area contributed by atoms with Crippen molar-refractivity contribution in [1.82, 2.24) is 4.98 Å². The lowest BCUT2D eigenvalue weighted by Gasteiger charge is -2.17. The van der Waals surface area contributed by atoms with E-state index in [4.69, 9.17) is 10.8 Å². The average molecular weight is 257 g/mol. The van der Waals surface area contributed by atoms with Crippen molar-refractivity contribution in [2.45, 2.75) is 26.3 Å². The van der Waals surface area contributed by atoms with Crippen molar-refractivity contribution in [3.63, 3.8) is 0 Å². The normalized spacial score (nSPS) is 12.4. The Labute approximate surface area is 103 Å². The van der Waals surface area contributed by atoms with E-state index in [1.54, 1.807) is 5.38 Å². The molecule has 1 unspecified atom stereocenters. The highest BCUT2D eigenvalue weighted by atomic mass is 32.1. The van der Waals surface area contributed by atoms with Gasteiger partial charge in [-0.05, 0) is 5.92 Å². The second kappa shape index (κ2) is 5.62. The molecule has 0 saturated carbocycles. The Morgan fingerprint density at radius 2 is 2.24 bits per heavy atom. The highest BCUT2D eigenvalue weighted by molar-refractivity contribution is 7.13. The van der Waals surface area contributed by atoms with Gasteiger partial charge in [-0.15, -0.1) is 11.3 Å². The molecule has 7 heteroatoms. The lowest BCUT2D eigenvalue weighted by atomic mass is 10.0. The molecule has 0 aliphatic heterocycles. The summed E-state index contributed by atoms with van der Waals surface area (Å²) in [5, 5.41) is 13.7. The van der Waals surface area contributed by atoms with Crippen molar-refractivity contribution in [1.29, 1.82) is 0 Å². The van der Waals surface area contributed by atoms with Gasteiger partial charge in [-0.25, -0.2) is 4.98 Å². The highest BCUT2D eigenvalue weighted by Crippen LogP contribution is 2.18. The number of carboxylic acids is 1. The van der Waals surface area contributed by atoms with Gasteiger partial charge < -0.3 is 16.2 Å². The third-order valence-electron chi connectivity index (χ3n) is 2.14. The van der Waals surface area contributed by atoms with E-state index >= 15 is 0 Å². The Morgan fingerprint density at radius 3 is 2.71 bits per heavy atom. The van der Waals surface area contributed by atoms with E-state index in [1.807, 2.05) is 13.8 Å². The molecule has 0 aliphatic carbocycles. The van der Waals surface area contributed by atoms with Crippen LogP contribution in [0.2, 0.25) is 0 Å². The summed E-state index contributed by atoms with van der Waals surface area (Å²) in [5.74, 6) is -1.34. The van der Waals surface area contributed by atoms with Crippen LogP contribution in [0.5, 0.6) is 0 Å². The standard InChI is InChI=1S/C10H15N3O3S/c1-5(2)8(9(11)16)13-10-12-6(4-17-10)3-7(14)15/h4-5,8H,3H2,1-2H3,(H2,11,16)(H,12,13)(H,14,15). The molecule has 0 spiro atoms. The van der Waals surface area contributed by atoms with Gasteiger partial charge >= 0.3 is 5.97 Å². The SMILES string of the molecule is CC(C)C(Nc1nc(CC(=O)O)cs1)C(N)=O. The molecule has 1 heterocycles. The topological polar surface area (TPSA) is 105 Å². The molecule has 0 aliphatic rings. The van der Waals surface area contributed by atoms with Crippen molar-refractivity contribution in [3.8, 4) is 0 Å². The number of carbonyl (C=O) groups is 2. The average Bonchev–Trinajstić information content (AvgIpc) is 2.59. The number of carboxylic acid groups (broad SMARTS) is 1. The van der Waals surface area contributed by atoms with Crippen molar-refractivity contribution in [2.75, 3.05) is 5.32 Å². The number of rotatable bonds is 6. The fraction of sp³-hybridized carbons (Fsp3) is 0.500. The number of primary amides is 1. The highest BCUT2D eigenvalue weighted by Gasteiger charge is 2.20. The molecule has 0 aromatic carbocycles. The van der Waals surface area contributed by atoms with Gasteiger partial charge in [0, 0.05) is 5.38 Å². The predicted molar refractivity (Wildman–Crippen MR) is 64.9 cm³/mol. The first-order chi connectivity index (χ1) is 7.90. The number of anilines is 1. The molecular formula is C10H15N3O3S. The van der Waals surface area contributed by atoms with Crippen LogP contribution < -0.4 is 11.1 Å². The van der Waals surface area contributed by atoms with E-state index in [9.17, 15) is 9.59 Å². The van der Waals surface area contributed by atoms with Gasteiger partial charge in [-0.3, -0.25) is 9.59 Å². The van der Waals surface area contributed by atoms with Crippen molar-refractivity contribution in [2.24, 2.45) is 11.7 Å². The van der Waals surface area contributed by atoms with E-state index in [2.05, 4.69) is 10.3 Å². The molecule has 17 heavy (non-hydrogen) atoms. The largest absolute Gasteiger partial charge is 0.481 e. The Morgan fingerprint density at radius 1 is 1.59 bits per heavy atom. The van der Waals surface area contributed by atoms with Crippen LogP contribution in [0.1, 0.15) is 19.5 Å². The number of nitrogens with two attached hydrogens (primary N) is 1. The monoisotopic (exact) mass is 257 g/mol. The molecular weight excluding hydrogens is 242 g/mol. The van der Waals surface area contributed by atoms with Crippen LogP contribution in [0.15, 0.2) is 5.38 Å². The minimum atomic E-state index is -0.933. The number of thiazole rings is 1. The Hall–Kier alpha value is -1.63. The van der Waals surface area contributed by atoms with E-state index < -0.39 is 17.9 Å². The smallest absolute Gasteiger partial charge is 0.309 e. The Bertz CT molecular complexity index is 417. The van der Waals surface area contributed by atoms with Crippen LogP contribution in [0.4, 0.5) is 5.13 Å². The van der Waals surface area contributed by atoms with Crippen LogP contribution in [-0.2, 0) is 16.0 Å². The molecule has 1 amide bonds. The second-order valence-corrected chi connectivity index (χ2v) is 4.84. The number of aromatic nitrogens is 1. The fourth-order valence-corrected chi connectivity index (χ4v) is 2.06. The summed E-state index contributed by atoms with van der Waals surface area (Å²) in [6.07, 6.45) is -0.124. The van der Waals surface area contributed by atoms with E-state index in [1.165, 1.54) is 11.3 Å². The summed E-state index contributed by atoms with van der Waals surface area (Å²) in [7, 11) is 0. The maximum absolute atomic E-state index is 11.2. The van der Waals surface area contributed by atoms with Gasteiger partial charge in [0.05, 0.1) is 12.1 Å². The molecule has 0 bridgehead atoms. The summed E-state index contributed by atoms with van der Waals surface area (Å²) in [6.45, 7) is 3.74. The first kappa shape index (κ1) is 13.4. The number of amides is 1. The van der Waals surface area contributed by atoms with E-state index in [0.29, 0.717) is 10.8 Å². The number of nitrogens with zero attached hydrogens (tertiary/aromatic N) is 1. The quantitative estimate of drug-likeness (QED) is 0.695. The summed E-state index contributed by atoms with van der Waals surface area (Å²) >= 11 is 1.26. The van der Waals surface area contributed by atoms with E-state index in [0.717, 1.165) is 0 Å². The lowest BCUT2D eigenvalue weighted by molar-refractivity contribution is -0.136.